The van der Waals surface area contributed by atoms with Gasteiger partial charge < -0.3 is 19.9 Å². The van der Waals surface area contributed by atoms with Crippen molar-refractivity contribution in [2.75, 3.05) is 43.0 Å². The predicted molar refractivity (Wildman–Crippen MR) is 144 cm³/mol. The third-order valence-corrected chi connectivity index (χ3v) is 6.51. The second-order valence-electron chi connectivity index (χ2n) is 8.06. The van der Waals surface area contributed by atoms with Gasteiger partial charge in [0.05, 0.1) is 23.5 Å². The Morgan fingerprint density at radius 1 is 0.857 bits per heavy atom. The first-order valence-electron chi connectivity index (χ1n) is 11.4. The van der Waals surface area contributed by atoms with Crippen molar-refractivity contribution in [2.45, 2.75) is 6.92 Å². The van der Waals surface area contributed by atoms with E-state index in [0.717, 1.165) is 9.26 Å². The maximum Gasteiger partial charge on any atom is 0.338 e. The van der Waals surface area contributed by atoms with E-state index in [1.54, 1.807) is 31.2 Å². The van der Waals surface area contributed by atoms with Crippen molar-refractivity contribution in [3.05, 3.63) is 93.1 Å². The minimum atomic E-state index is -0.443. The molecule has 8 heteroatoms. The summed E-state index contributed by atoms with van der Waals surface area (Å²) >= 11 is 2.19. The van der Waals surface area contributed by atoms with Gasteiger partial charge in [-0.3, -0.25) is 9.59 Å². The van der Waals surface area contributed by atoms with Gasteiger partial charge in [-0.15, -0.1) is 0 Å². The van der Waals surface area contributed by atoms with Gasteiger partial charge in [0.15, 0.2) is 0 Å². The van der Waals surface area contributed by atoms with Crippen molar-refractivity contribution in [3.8, 4) is 0 Å². The Balaban J connectivity index is 1.54. The summed E-state index contributed by atoms with van der Waals surface area (Å²) in [4.78, 5) is 42.1. The molecule has 0 bridgehead atoms. The Labute approximate surface area is 218 Å². The van der Waals surface area contributed by atoms with E-state index in [1.165, 1.54) is 0 Å². The van der Waals surface area contributed by atoms with E-state index in [9.17, 15) is 14.4 Å². The van der Waals surface area contributed by atoms with Crippen LogP contribution in [-0.2, 0) is 4.74 Å². The van der Waals surface area contributed by atoms with Gasteiger partial charge in [0.1, 0.15) is 0 Å². The molecule has 0 radical (unpaired) electrons. The van der Waals surface area contributed by atoms with Gasteiger partial charge in [-0.25, -0.2) is 4.79 Å². The molecule has 35 heavy (non-hydrogen) atoms. The summed E-state index contributed by atoms with van der Waals surface area (Å²) in [6.07, 6.45) is 0. The number of carbonyl (C=O) groups is 3. The fourth-order valence-corrected chi connectivity index (χ4v) is 4.32. The van der Waals surface area contributed by atoms with Crippen LogP contribution < -0.4 is 10.2 Å². The zero-order valence-corrected chi connectivity index (χ0v) is 21.5. The highest BCUT2D eigenvalue weighted by Crippen LogP contribution is 2.29. The van der Waals surface area contributed by atoms with Gasteiger partial charge in [0.2, 0.25) is 0 Å². The van der Waals surface area contributed by atoms with Crippen LogP contribution in [0, 0.1) is 3.57 Å². The SMILES string of the molecule is CCOC(=O)c1ccc(N2CCN(C(=O)c3ccccc3)CC2)c(NC(=O)c2ccc(I)cc2)c1. The largest absolute Gasteiger partial charge is 0.462 e. The molecule has 3 aromatic rings. The Morgan fingerprint density at radius 2 is 1.51 bits per heavy atom. The maximum atomic E-state index is 13.0. The van der Waals surface area contributed by atoms with Crippen molar-refractivity contribution < 1.29 is 19.1 Å². The summed E-state index contributed by atoms with van der Waals surface area (Å²) in [7, 11) is 0. The quantitative estimate of drug-likeness (QED) is 0.337. The lowest BCUT2D eigenvalue weighted by atomic mass is 10.1. The molecule has 180 valence electrons. The van der Waals surface area contributed by atoms with E-state index in [4.69, 9.17) is 4.74 Å². The number of piperazine rings is 1. The van der Waals surface area contributed by atoms with Crippen LogP contribution in [0.3, 0.4) is 0 Å². The number of esters is 1. The van der Waals surface area contributed by atoms with E-state index < -0.39 is 5.97 Å². The number of ether oxygens (including phenoxy) is 1. The van der Waals surface area contributed by atoms with Gasteiger partial charge in [0, 0.05) is 40.9 Å². The number of hydrogen-bond donors (Lipinski definition) is 1. The fourth-order valence-electron chi connectivity index (χ4n) is 3.96. The van der Waals surface area contributed by atoms with Crippen LogP contribution in [0.5, 0.6) is 0 Å². The molecule has 1 saturated heterocycles. The number of nitrogens with one attached hydrogen (secondary N) is 1. The summed E-state index contributed by atoms with van der Waals surface area (Å²) in [6, 6.07) is 21.7. The number of nitrogens with zero attached hydrogens (tertiary/aromatic N) is 2. The lowest BCUT2D eigenvalue weighted by molar-refractivity contribution is 0.0526. The molecular weight excluding hydrogens is 557 g/mol. The standard InChI is InChI=1S/C27H26IN3O4/c1-2-35-27(34)21-10-13-24(23(18-21)29-25(32)19-8-11-22(28)12-9-19)30-14-16-31(17-15-30)26(33)20-6-4-3-5-7-20/h3-13,18H,2,14-17H2,1H3,(H,29,32). The zero-order valence-electron chi connectivity index (χ0n) is 19.4. The molecule has 1 heterocycles. The highest BCUT2D eigenvalue weighted by molar-refractivity contribution is 14.1. The summed E-state index contributed by atoms with van der Waals surface area (Å²) in [5, 5.41) is 2.97. The molecule has 3 aromatic carbocycles. The second kappa shape index (κ2) is 11.4. The topological polar surface area (TPSA) is 79.0 Å². The number of rotatable bonds is 6. The van der Waals surface area contributed by atoms with E-state index in [2.05, 4.69) is 32.8 Å². The number of halogens is 1. The molecule has 0 atom stereocenters. The molecule has 1 aliphatic rings. The zero-order chi connectivity index (χ0) is 24.8. The number of carbonyl (C=O) groups excluding carboxylic acids is 3. The smallest absolute Gasteiger partial charge is 0.338 e. The van der Waals surface area contributed by atoms with Crippen molar-refractivity contribution in [3.63, 3.8) is 0 Å². The molecular formula is C27H26IN3O4. The number of anilines is 2. The van der Waals surface area contributed by atoms with Crippen LogP contribution in [0.2, 0.25) is 0 Å². The summed E-state index contributed by atoms with van der Waals surface area (Å²) in [5.74, 6) is -0.696. The number of benzene rings is 3. The lowest BCUT2D eigenvalue weighted by Crippen LogP contribution is -2.49. The molecule has 1 N–H and O–H groups in total. The summed E-state index contributed by atoms with van der Waals surface area (Å²) in [6.45, 7) is 4.33. The van der Waals surface area contributed by atoms with Gasteiger partial charge >= 0.3 is 5.97 Å². The highest BCUT2D eigenvalue weighted by Gasteiger charge is 2.24. The van der Waals surface area contributed by atoms with E-state index in [-0.39, 0.29) is 18.4 Å². The molecule has 0 aromatic heterocycles. The van der Waals surface area contributed by atoms with E-state index in [1.807, 2.05) is 53.4 Å². The first-order chi connectivity index (χ1) is 17.0. The number of amides is 2. The Morgan fingerprint density at radius 3 is 2.17 bits per heavy atom. The Hall–Kier alpha value is -3.40. The molecule has 0 spiro atoms. The molecule has 4 rings (SSSR count). The molecule has 1 aliphatic heterocycles. The summed E-state index contributed by atoms with van der Waals surface area (Å²) < 4.78 is 6.18. The van der Waals surface area contributed by atoms with Gasteiger partial charge in [-0.1, -0.05) is 18.2 Å². The second-order valence-corrected chi connectivity index (χ2v) is 9.30. The van der Waals surface area contributed by atoms with Crippen LogP contribution >= 0.6 is 22.6 Å². The third kappa shape index (κ3) is 6.00. The molecule has 0 aliphatic carbocycles. The first-order valence-corrected chi connectivity index (χ1v) is 12.5. The average molecular weight is 583 g/mol. The van der Waals surface area contributed by atoms with Crippen LogP contribution in [0.1, 0.15) is 38.0 Å². The normalized spacial score (nSPS) is 13.3. The molecule has 0 saturated carbocycles. The number of hydrogen-bond acceptors (Lipinski definition) is 5. The Kier molecular flexibility index (Phi) is 8.02. The predicted octanol–water partition coefficient (Wildman–Crippen LogP) is 4.68. The van der Waals surface area contributed by atoms with Gasteiger partial charge in [-0.2, -0.15) is 0 Å². The molecule has 2 amide bonds. The fraction of sp³-hybridized carbons (Fsp3) is 0.222. The minimum absolute atomic E-state index is 0.00939. The molecule has 0 unspecified atom stereocenters. The first kappa shape index (κ1) is 24.7. The maximum absolute atomic E-state index is 13.0. The van der Waals surface area contributed by atoms with Crippen molar-refractivity contribution >= 4 is 51.7 Å². The highest BCUT2D eigenvalue weighted by atomic mass is 127. The molecule has 1 fully saturated rings. The van der Waals surface area contributed by atoms with Crippen LogP contribution in [-0.4, -0.2) is 55.5 Å². The van der Waals surface area contributed by atoms with Gasteiger partial charge in [-0.05, 0) is 84.1 Å². The monoisotopic (exact) mass is 583 g/mol. The van der Waals surface area contributed by atoms with Crippen molar-refractivity contribution in [1.82, 2.24) is 4.90 Å². The molecule has 7 nitrogen and oxygen atoms in total. The van der Waals surface area contributed by atoms with E-state index in [0.29, 0.717) is 48.6 Å². The van der Waals surface area contributed by atoms with Gasteiger partial charge in [0.25, 0.3) is 11.8 Å². The van der Waals surface area contributed by atoms with Crippen LogP contribution in [0.25, 0.3) is 0 Å². The van der Waals surface area contributed by atoms with Crippen molar-refractivity contribution in [2.24, 2.45) is 0 Å². The van der Waals surface area contributed by atoms with Crippen LogP contribution in [0.15, 0.2) is 72.8 Å². The Bertz CT molecular complexity index is 1210. The average Bonchev–Trinajstić information content (AvgIpc) is 2.89. The minimum Gasteiger partial charge on any atom is -0.462 e. The van der Waals surface area contributed by atoms with Crippen LogP contribution in [0.4, 0.5) is 11.4 Å². The van der Waals surface area contributed by atoms with Crippen molar-refractivity contribution in [1.29, 1.82) is 0 Å². The lowest BCUT2D eigenvalue weighted by Gasteiger charge is -2.37. The third-order valence-electron chi connectivity index (χ3n) is 5.79. The summed E-state index contributed by atoms with van der Waals surface area (Å²) in [5.41, 5.74) is 2.89. The van der Waals surface area contributed by atoms with E-state index >= 15 is 0 Å².